The third-order valence-corrected chi connectivity index (χ3v) is 7.42. The van der Waals surface area contributed by atoms with Gasteiger partial charge in [-0.15, -0.1) is 0 Å². The molecular weight excluding hydrogens is 492 g/mol. The molecule has 2 aliphatic heterocycles. The van der Waals surface area contributed by atoms with Gasteiger partial charge in [-0.2, -0.15) is 37.7 Å². The molecular formula is C25H23F6NO2S. The van der Waals surface area contributed by atoms with E-state index in [0.29, 0.717) is 30.4 Å². The number of halogens is 6. The number of piperidine rings is 1. The number of thiophene rings is 1. The predicted molar refractivity (Wildman–Crippen MR) is 121 cm³/mol. The first-order valence-corrected chi connectivity index (χ1v) is 11.9. The van der Waals surface area contributed by atoms with E-state index in [-0.39, 0.29) is 5.57 Å². The summed E-state index contributed by atoms with van der Waals surface area (Å²) in [6.45, 7) is 6.34. The van der Waals surface area contributed by atoms with Gasteiger partial charge in [-0.05, 0) is 89.9 Å². The number of alkyl halides is 6. The summed E-state index contributed by atoms with van der Waals surface area (Å²) < 4.78 is 85.2. The lowest BCUT2D eigenvalue weighted by Gasteiger charge is -2.38. The molecule has 0 spiro atoms. The molecule has 1 aromatic heterocycles. The summed E-state index contributed by atoms with van der Waals surface area (Å²) in [5, 5.41) is 3.74. The highest BCUT2D eigenvalue weighted by Gasteiger charge is 2.49. The zero-order valence-electron chi connectivity index (χ0n) is 19.0. The molecule has 0 saturated carbocycles. The molecule has 4 rings (SSSR count). The van der Waals surface area contributed by atoms with Gasteiger partial charge < -0.3 is 4.74 Å². The molecule has 35 heavy (non-hydrogen) atoms. The summed E-state index contributed by atoms with van der Waals surface area (Å²) in [6, 6.07) is 2.23. The first kappa shape index (κ1) is 25.3. The third-order valence-electron chi connectivity index (χ3n) is 6.56. The third kappa shape index (κ3) is 4.85. The molecule has 188 valence electrons. The Bertz CT molecular complexity index is 1180. The SMILES string of the molecule is C=C(C=C(C)C1OC(=O)N2C(c3cc(C(F)(F)F)ccc3-c3cscc3C)CCCC12)C(F)(F)F. The van der Waals surface area contributed by atoms with Crippen LogP contribution in [0.3, 0.4) is 0 Å². The minimum absolute atomic E-state index is 0.187. The Labute approximate surface area is 202 Å². The minimum atomic E-state index is -4.62. The van der Waals surface area contributed by atoms with Crippen molar-refractivity contribution in [2.24, 2.45) is 0 Å². The quantitative estimate of drug-likeness (QED) is 0.303. The van der Waals surface area contributed by atoms with Gasteiger partial charge in [0.1, 0.15) is 6.10 Å². The molecule has 0 N–H and O–H groups in total. The second kappa shape index (κ2) is 9.04. The van der Waals surface area contributed by atoms with E-state index in [1.165, 1.54) is 29.2 Å². The first-order valence-electron chi connectivity index (χ1n) is 11.0. The highest BCUT2D eigenvalue weighted by Crippen LogP contribution is 2.46. The number of cyclic esters (lactones) is 1. The fourth-order valence-corrected chi connectivity index (χ4v) is 5.72. The highest BCUT2D eigenvalue weighted by atomic mass is 32.1. The van der Waals surface area contributed by atoms with Gasteiger partial charge in [0.2, 0.25) is 0 Å². The Morgan fingerprint density at radius 3 is 2.46 bits per heavy atom. The second-order valence-electron chi connectivity index (χ2n) is 8.91. The highest BCUT2D eigenvalue weighted by molar-refractivity contribution is 7.08. The van der Waals surface area contributed by atoms with E-state index < -0.39 is 47.8 Å². The number of carbonyl (C=O) groups is 1. The molecule has 0 aliphatic carbocycles. The van der Waals surface area contributed by atoms with Gasteiger partial charge in [0.25, 0.3) is 0 Å². The number of hydrogen-bond donors (Lipinski definition) is 0. The van der Waals surface area contributed by atoms with Crippen LogP contribution < -0.4 is 0 Å². The average Bonchev–Trinajstić information content (AvgIpc) is 3.35. The number of carbonyl (C=O) groups excluding carboxylic acids is 1. The molecule has 3 heterocycles. The monoisotopic (exact) mass is 515 g/mol. The molecule has 2 aliphatic rings. The van der Waals surface area contributed by atoms with Crippen molar-refractivity contribution in [3.05, 3.63) is 69.5 Å². The Kier molecular flexibility index (Phi) is 6.54. The lowest BCUT2D eigenvalue weighted by Crippen LogP contribution is -2.43. The maximum Gasteiger partial charge on any atom is 0.416 e. The number of allylic oxidation sites excluding steroid dienone is 2. The van der Waals surface area contributed by atoms with Gasteiger partial charge in [0, 0.05) is 5.57 Å². The van der Waals surface area contributed by atoms with E-state index in [0.717, 1.165) is 29.3 Å². The fourth-order valence-electron chi connectivity index (χ4n) is 4.87. The van der Waals surface area contributed by atoms with Crippen LogP contribution in [0.4, 0.5) is 31.1 Å². The van der Waals surface area contributed by atoms with Crippen molar-refractivity contribution in [2.45, 2.75) is 63.7 Å². The van der Waals surface area contributed by atoms with Crippen LogP contribution >= 0.6 is 11.3 Å². The lowest BCUT2D eigenvalue weighted by atomic mass is 9.84. The van der Waals surface area contributed by atoms with Crippen molar-refractivity contribution in [3.8, 4) is 11.1 Å². The molecule has 3 atom stereocenters. The Morgan fingerprint density at radius 1 is 1.14 bits per heavy atom. The van der Waals surface area contributed by atoms with Gasteiger partial charge in [-0.25, -0.2) is 4.79 Å². The molecule has 0 radical (unpaired) electrons. The van der Waals surface area contributed by atoms with Gasteiger partial charge in [0.05, 0.1) is 17.6 Å². The maximum atomic E-state index is 13.6. The van der Waals surface area contributed by atoms with Crippen molar-refractivity contribution in [3.63, 3.8) is 0 Å². The Morgan fingerprint density at radius 2 is 1.86 bits per heavy atom. The summed E-state index contributed by atoms with van der Waals surface area (Å²) in [4.78, 5) is 14.4. The summed E-state index contributed by atoms with van der Waals surface area (Å²) in [5.74, 6) is 0. The van der Waals surface area contributed by atoms with Crippen LogP contribution in [0.1, 0.15) is 48.9 Å². The second-order valence-corrected chi connectivity index (χ2v) is 9.65. The van der Waals surface area contributed by atoms with Crippen molar-refractivity contribution >= 4 is 17.4 Å². The molecule has 2 aromatic rings. The largest absolute Gasteiger partial charge is 0.439 e. The van der Waals surface area contributed by atoms with Gasteiger partial charge in [0.15, 0.2) is 0 Å². The van der Waals surface area contributed by atoms with Gasteiger partial charge in [-0.1, -0.05) is 12.6 Å². The standard InChI is InChI=1S/C25H23F6NO2S/c1-13(9-15(3)24(26,27)28)22-21-6-4-5-20(32(21)23(33)34-22)18-10-16(25(29,30)31)7-8-17(18)19-12-35-11-14(19)2/h7-12,20-22H,3-6H2,1-2H3. The van der Waals surface area contributed by atoms with E-state index in [1.807, 2.05) is 17.7 Å². The predicted octanol–water partition coefficient (Wildman–Crippen LogP) is 8.22. The molecule has 1 amide bonds. The lowest BCUT2D eigenvalue weighted by molar-refractivity contribution is -0.137. The number of benzene rings is 1. The summed E-state index contributed by atoms with van der Waals surface area (Å²) in [7, 11) is 0. The van der Waals surface area contributed by atoms with Crippen LogP contribution in [-0.4, -0.2) is 29.3 Å². The molecule has 2 fully saturated rings. The van der Waals surface area contributed by atoms with E-state index in [2.05, 4.69) is 6.58 Å². The number of amides is 1. The number of ether oxygens (including phenoxy) is 1. The molecule has 3 unspecified atom stereocenters. The van der Waals surface area contributed by atoms with Gasteiger partial charge >= 0.3 is 18.4 Å². The molecule has 1 aromatic carbocycles. The fraction of sp³-hybridized carbons (Fsp3) is 0.400. The van der Waals surface area contributed by atoms with Crippen LogP contribution in [0.2, 0.25) is 0 Å². The number of fused-ring (bicyclic) bond motifs is 1. The summed E-state index contributed by atoms with van der Waals surface area (Å²) in [5.41, 5.74) is 0.920. The van der Waals surface area contributed by atoms with Crippen LogP contribution in [0, 0.1) is 6.92 Å². The van der Waals surface area contributed by atoms with Crippen LogP contribution in [0.15, 0.2) is 52.8 Å². The summed E-state index contributed by atoms with van der Waals surface area (Å²) in [6.07, 6.45) is -8.58. The number of hydrogen-bond acceptors (Lipinski definition) is 3. The van der Waals surface area contributed by atoms with Crippen molar-refractivity contribution in [1.29, 1.82) is 0 Å². The van der Waals surface area contributed by atoms with E-state index in [4.69, 9.17) is 4.74 Å². The van der Waals surface area contributed by atoms with Crippen LogP contribution in [0.25, 0.3) is 11.1 Å². The molecule has 0 bridgehead atoms. The van der Waals surface area contributed by atoms with E-state index in [1.54, 1.807) is 0 Å². The minimum Gasteiger partial charge on any atom is -0.439 e. The smallest absolute Gasteiger partial charge is 0.416 e. The molecule has 3 nitrogen and oxygen atoms in total. The Hall–Kier alpha value is -2.75. The summed E-state index contributed by atoms with van der Waals surface area (Å²) >= 11 is 1.42. The molecule has 10 heteroatoms. The molecule has 2 saturated heterocycles. The normalized spacial score (nSPS) is 23.3. The van der Waals surface area contributed by atoms with Crippen LogP contribution in [-0.2, 0) is 10.9 Å². The van der Waals surface area contributed by atoms with Crippen molar-refractivity contribution < 1.29 is 35.9 Å². The van der Waals surface area contributed by atoms with Crippen molar-refractivity contribution in [1.82, 2.24) is 4.90 Å². The Balaban J connectivity index is 1.76. The van der Waals surface area contributed by atoms with Crippen LogP contribution in [0.5, 0.6) is 0 Å². The zero-order valence-corrected chi connectivity index (χ0v) is 19.8. The average molecular weight is 516 g/mol. The topological polar surface area (TPSA) is 29.5 Å². The maximum absolute atomic E-state index is 13.6. The van der Waals surface area contributed by atoms with Crippen molar-refractivity contribution in [2.75, 3.05) is 0 Å². The van der Waals surface area contributed by atoms with Gasteiger partial charge in [-0.3, -0.25) is 4.90 Å². The number of rotatable bonds is 4. The number of nitrogens with zero attached hydrogens (tertiary/aromatic N) is 1. The van der Waals surface area contributed by atoms with E-state index in [9.17, 15) is 31.1 Å². The number of aryl methyl sites for hydroxylation is 1. The van der Waals surface area contributed by atoms with E-state index >= 15 is 0 Å². The first-order chi connectivity index (χ1) is 16.3. The zero-order chi connectivity index (χ0) is 25.7.